The number of nitrogens with zero attached hydrogens (tertiary/aromatic N) is 1. The summed E-state index contributed by atoms with van der Waals surface area (Å²) in [4.78, 5) is 12.3. The Kier molecular flexibility index (Phi) is 6.07. The minimum Gasteiger partial charge on any atom is -0.493 e. The lowest BCUT2D eigenvalue weighted by molar-refractivity contribution is 0.0729. The molecule has 0 aliphatic heterocycles. The number of nitrogens with one attached hydrogen (secondary N) is 1. The zero-order chi connectivity index (χ0) is 19.1. The topological polar surface area (TPSA) is 59.9 Å². The number of hydrazone groups is 1. The largest absolute Gasteiger partial charge is 0.493 e. The van der Waals surface area contributed by atoms with Crippen LogP contribution in [-0.4, -0.2) is 19.3 Å². The fourth-order valence-corrected chi connectivity index (χ4v) is 2.41. The van der Waals surface area contributed by atoms with Crippen LogP contribution < -0.4 is 14.9 Å². The summed E-state index contributed by atoms with van der Waals surface area (Å²) in [7, 11) is 1.51. The normalized spacial score (nSPS) is 10.6. The number of hydrogen-bond donors (Lipinski definition) is 1. The van der Waals surface area contributed by atoms with Gasteiger partial charge < -0.3 is 9.47 Å². The van der Waals surface area contributed by atoms with E-state index in [9.17, 15) is 4.79 Å². The van der Waals surface area contributed by atoms with Gasteiger partial charge in [-0.2, -0.15) is 5.10 Å². The van der Waals surface area contributed by atoms with E-state index in [0.29, 0.717) is 22.1 Å². The van der Waals surface area contributed by atoms with Crippen molar-refractivity contribution >= 4 is 29.5 Å². The minimum absolute atomic E-state index is 0.325. The number of methoxy groups -OCH3 is 1. The van der Waals surface area contributed by atoms with Gasteiger partial charge in [0, 0.05) is 5.02 Å². The molecule has 0 aliphatic rings. The molecule has 0 aromatic heterocycles. The molecule has 0 bridgehead atoms. The summed E-state index contributed by atoms with van der Waals surface area (Å²) in [6.45, 7) is 0. The van der Waals surface area contributed by atoms with Gasteiger partial charge in [-0.1, -0.05) is 29.8 Å². The SMILES string of the molecule is COc1cc(C=NNc2ccccc2)ccc1OC(=O)c1ccc(Cl)cc1. The molecule has 0 aliphatic carbocycles. The van der Waals surface area contributed by atoms with Gasteiger partial charge in [0.05, 0.1) is 24.6 Å². The predicted octanol–water partition coefficient (Wildman–Crippen LogP) is 5.01. The van der Waals surface area contributed by atoms with Gasteiger partial charge in [-0.3, -0.25) is 5.43 Å². The molecule has 3 rings (SSSR count). The van der Waals surface area contributed by atoms with Crippen molar-refractivity contribution in [2.75, 3.05) is 12.5 Å². The molecule has 0 unspecified atom stereocenters. The van der Waals surface area contributed by atoms with Gasteiger partial charge in [0.15, 0.2) is 11.5 Å². The first kappa shape index (κ1) is 18.5. The summed E-state index contributed by atoms with van der Waals surface area (Å²) in [6, 6.07) is 21.3. The van der Waals surface area contributed by atoms with Crippen molar-refractivity contribution in [3.05, 3.63) is 88.9 Å². The Balaban J connectivity index is 1.70. The van der Waals surface area contributed by atoms with Crippen LogP contribution in [0.2, 0.25) is 5.02 Å². The second kappa shape index (κ2) is 8.87. The second-order valence-corrected chi connectivity index (χ2v) is 5.98. The van der Waals surface area contributed by atoms with Gasteiger partial charge in [-0.25, -0.2) is 4.79 Å². The molecule has 0 spiro atoms. The molecular weight excluding hydrogens is 364 g/mol. The molecule has 3 aromatic rings. The van der Waals surface area contributed by atoms with Crippen LogP contribution in [0.5, 0.6) is 11.5 Å². The molecule has 5 nitrogen and oxygen atoms in total. The Morgan fingerprint density at radius 1 is 1.00 bits per heavy atom. The maximum atomic E-state index is 12.3. The summed E-state index contributed by atoms with van der Waals surface area (Å²) in [5.41, 5.74) is 5.01. The molecule has 0 heterocycles. The van der Waals surface area contributed by atoms with E-state index in [1.54, 1.807) is 48.7 Å². The number of ether oxygens (including phenoxy) is 2. The molecule has 0 amide bonds. The monoisotopic (exact) mass is 380 g/mol. The fraction of sp³-hybridized carbons (Fsp3) is 0.0476. The molecule has 3 aromatic carbocycles. The van der Waals surface area contributed by atoms with E-state index in [4.69, 9.17) is 21.1 Å². The molecule has 0 saturated carbocycles. The number of halogens is 1. The number of carbonyl (C=O) groups is 1. The van der Waals surface area contributed by atoms with E-state index >= 15 is 0 Å². The summed E-state index contributed by atoms with van der Waals surface area (Å²) in [5, 5.41) is 4.74. The third-order valence-electron chi connectivity index (χ3n) is 3.65. The van der Waals surface area contributed by atoms with Crippen molar-refractivity contribution < 1.29 is 14.3 Å². The molecule has 27 heavy (non-hydrogen) atoms. The van der Waals surface area contributed by atoms with Crippen molar-refractivity contribution in [3.63, 3.8) is 0 Å². The Hall–Kier alpha value is -3.31. The van der Waals surface area contributed by atoms with E-state index in [1.165, 1.54) is 7.11 Å². The summed E-state index contributed by atoms with van der Waals surface area (Å²) >= 11 is 5.83. The van der Waals surface area contributed by atoms with E-state index in [2.05, 4.69) is 10.5 Å². The molecule has 136 valence electrons. The number of carbonyl (C=O) groups excluding carboxylic acids is 1. The lowest BCUT2D eigenvalue weighted by Crippen LogP contribution is -2.09. The molecule has 0 saturated heterocycles. The van der Waals surface area contributed by atoms with Crippen molar-refractivity contribution in [1.29, 1.82) is 0 Å². The maximum Gasteiger partial charge on any atom is 0.343 e. The van der Waals surface area contributed by atoms with E-state index in [1.807, 2.05) is 30.3 Å². The van der Waals surface area contributed by atoms with Crippen molar-refractivity contribution in [3.8, 4) is 11.5 Å². The summed E-state index contributed by atoms with van der Waals surface area (Å²) < 4.78 is 10.8. The van der Waals surface area contributed by atoms with E-state index in [-0.39, 0.29) is 0 Å². The van der Waals surface area contributed by atoms with Gasteiger partial charge in [-0.15, -0.1) is 0 Å². The number of esters is 1. The van der Waals surface area contributed by atoms with Gasteiger partial charge in [0.2, 0.25) is 0 Å². The number of para-hydroxylation sites is 1. The lowest BCUT2D eigenvalue weighted by atomic mass is 10.2. The highest BCUT2D eigenvalue weighted by molar-refractivity contribution is 6.30. The molecule has 6 heteroatoms. The summed E-state index contributed by atoms with van der Waals surface area (Å²) in [5.74, 6) is 0.267. The zero-order valence-electron chi connectivity index (χ0n) is 14.6. The smallest absolute Gasteiger partial charge is 0.343 e. The highest BCUT2D eigenvalue weighted by Crippen LogP contribution is 2.28. The van der Waals surface area contributed by atoms with Crippen LogP contribution in [-0.2, 0) is 0 Å². The third kappa shape index (κ3) is 5.09. The second-order valence-electron chi connectivity index (χ2n) is 5.54. The quantitative estimate of drug-likeness (QED) is 0.282. The Morgan fingerprint density at radius 2 is 1.74 bits per heavy atom. The first-order valence-electron chi connectivity index (χ1n) is 8.15. The van der Waals surface area contributed by atoms with Crippen LogP contribution in [0.1, 0.15) is 15.9 Å². The van der Waals surface area contributed by atoms with Crippen molar-refractivity contribution in [2.24, 2.45) is 5.10 Å². The number of benzene rings is 3. The van der Waals surface area contributed by atoms with Crippen molar-refractivity contribution in [1.82, 2.24) is 0 Å². The van der Waals surface area contributed by atoms with Crippen LogP contribution in [0.3, 0.4) is 0 Å². The summed E-state index contributed by atoms with van der Waals surface area (Å²) in [6.07, 6.45) is 1.65. The van der Waals surface area contributed by atoms with Crippen LogP contribution in [0.25, 0.3) is 0 Å². The van der Waals surface area contributed by atoms with Crippen LogP contribution in [0.4, 0.5) is 5.69 Å². The first-order chi connectivity index (χ1) is 13.2. The zero-order valence-corrected chi connectivity index (χ0v) is 15.3. The van der Waals surface area contributed by atoms with Gasteiger partial charge in [-0.05, 0) is 60.2 Å². The van der Waals surface area contributed by atoms with Crippen LogP contribution >= 0.6 is 11.6 Å². The van der Waals surface area contributed by atoms with Crippen LogP contribution in [0.15, 0.2) is 77.9 Å². The number of rotatable bonds is 6. The molecule has 0 radical (unpaired) electrons. The van der Waals surface area contributed by atoms with Crippen molar-refractivity contribution in [2.45, 2.75) is 0 Å². The average Bonchev–Trinajstić information content (AvgIpc) is 2.70. The standard InChI is InChI=1S/C21H17ClN2O3/c1-26-20-13-15(14-23-24-18-5-3-2-4-6-18)7-12-19(20)27-21(25)16-8-10-17(22)11-9-16/h2-14,24H,1H3. The Bertz CT molecular complexity index is 941. The highest BCUT2D eigenvalue weighted by Gasteiger charge is 2.12. The minimum atomic E-state index is -0.489. The third-order valence-corrected chi connectivity index (χ3v) is 3.90. The Morgan fingerprint density at radius 3 is 2.44 bits per heavy atom. The number of hydrogen-bond acceptors (Lipinski definition) is 5. The van der Waals surface area contributed by atoms with Gasteiger partial charge in [0.25, 0.3) is 0 Å². The fourth-order valence-electron chi connectivity index (χ4n) is 2.29. The van der Waals surface area contributed by atoms with E-state index in [0.717, 1.165) is 11.3 Å². The Labute approximate surface area is 162 Å². The first-order valence-corrected chi connectivity index (χ1v) is 8.53. The van der Waals surface area contributed by atoms with Crippen LogP contribution in [0, 0.1) is 0 Å². The molecule has 0 fully saturated rings. The highest BCUT2D eigenvalue weighted by atomic mass is 35.5. The van der Waals surface area contributed by atoms with E-state index < -0.39 is 5.97 Å². The molecular formula is C21H17ClN2O3. The predicted molar refractivity (Wildman–Crippen MR) is 107 cm³/mol. The average molecular weight is 381 g/mol. The lowest BCUT2D eigenvalue weighted by Gasteiger charge is -2.10. The maximum absolute atomic E-state index is 12.3. The van der Waals surface area contributed by atoms with Gasteiger partial charge >= 0.3 is 5.97 Å². The molecule has 0 atom stereocenters. The molecule has 1 N–H and O–H groups in total. The van der Waals surface area contributed by atoms with Gasteiger partial charge in [0.1, 0.15) is 0 Å². The number of anilines is 1.